The quantitative estimate of drug-likeness (QED) is 0.563. The van der Waals surface area contributed by atoms with Crippen LogP contribution < -0.4 is 10.1 Å². The highest BCUT2D eigenvalue weighted by atomic mass is 16.5. The molecule has 0 saturated carbocycles. The Morgan fingerprint density at radius 1 is 0.971 bits per heavy atom. The van der Waals surface area contributed by atoms with Gasteiger partial charge in [-0.2, -0.15) is 0 Å². The van der Waals surface area contributed by atoms with Crippen molar-refractivity contribution in [3.05, 3.63) is 101 Å². The number of hydrogen-bond donors (Lipinski definition) is 1. The van der Waals surface area contributed by atoms with Crippen molar-refractivity contribution in [2.75, 3.05) is 6.54 Å². The van der Waals surface area contributed by atoms with Crippen LogP contribution in [0, 0.1) is 6.92 Å². The molecule has 2 atom stereocenters. The minimum absolute atomic E-state index is 0.00811. The number of rotatable bonds is 6. The summed E-state index contributed by atoms with van der Waals surface area (Å²) in [6.07, 6.45) is 0.142. The van der Waals surface area contributed by atoms with E-state index in [1.807, 2.05) is 67.3 Å². The van der Waals surface area contributed by atoms with Crippen LogP contribution in [-0.2, 0) is 11.2 Å². The van der Waals surface area contributed by atoms with Gasteiger partial charge in [0.25, 0.3) is 11.8 Å². The van der Waals surface area contributed by atoms with E-state index in [0.29, 0.717) is 17.9 Å². The first-order chi connectivity index (χ1) is 16.3. The van der Waals surface area contributed by atoms with Gasteiger partial charge in [0, 0.05) is 18.2 Å². The average Bonchev–Trinajstić information content (AvgIpc) is 2.83. The molecule has 1 N–H and O–H groups in total. The highest BCUT2D eigenvalue weighted by Crippen LogP contribution is 2.38. The molecule has 0 saturated heterocycles. The van der Waals surface area contributed by atoms with Gasteiger partial charge in [-0.3, -0.25) is 9.59 Å². The normalized spacial score (nSPS) is 16.0. The molecule has 5 nitrogen and oxygen atoms in total. The van der Waals surface area contributed by atoms with Crippen molar-refractivity contribution in [2.45, 2.75) is 52.3 Å². The van der Waals surface area contributed by atoms with Gasteiger partial charge in [-0.1, -0.05) is 54.1 Å². The number of amides is 2. The number of hydrogen-bond acceptors (Lipinski definition) is 3. The van der Waals surface area contributed by atoms with Crippen LogP contribution >= 0.6 is 0 Å². The minimum Gasteiger partial charge on any atom is -0.481 e. The third-order valence-corrected chi connectivity index (χ3v) is 6.10. The first kappa shape index (κ1) is 23.6. The van der Waals surface area contributed by atoms with Crippen molar-refractivity contribution < 1.29 is 14.3 Å². The molecule has 0 aliphatic carbocycles. The number of aryl methyl sites for hydroxylation is 1. The summed E-state index contributed by atoms with van der Waals surface area (Å²) in [7, 11) is 0. The topological polar surface area (TPSA) is 58.6 Å². The third-order valence-electron chi connectivity index (χ3n) is 6.10. The van der Waals surface area contributed by atoms with E-state index in [1.165, 1.54) is 5.56 Å². The van der Waals surface area contributed by atoms with Crippen LogP contribution in [0.5, 0.6) is 5.75 Å². The molecule has 0 radical (unpaired) electrons. The predicted octanol–water partition coefficient (Wildman–Crippen LogP) is 5.07. The van der Waals surface area contributed by atoms with Crippen LogP contribution in [-0.4, -0.2) is 35.4 Å². The van der Waals surface area contributed by atoms with E-state index in [2.05, 4.69) is 36.5 Å². The first-order valence-corrected chi connectivity index (χ1v) is 11.9. The second-order valence-corrected chi connectivity index (χ2v) is 9.22. The lowest BCUT2D eigenvalue weighted by atomic mass is 9.87. The standard InChI is InChI=1S/C29H32N2O3/c1-19(2)30-28(32)21(4)34-25-14-13-22-15-16-31(29(33)23-10-6-5-7-11-23)27(26(22)18-25)24-12-8-9-20(3)17-24/h5-14,17-19,21,27H,15-16H2,1-4H3,(H,30,32)/t21-,27-/m1/s1. The summed E-state index contributed by atoms with van der Waals surface area (Å²) in [4.78, 5) is 27.9. The third kappa shape index (κ3) is 5.14. The summed E-state index contributed by atoms with van der Waals surface area (Å²) in [5.41, 5.74) is 5.11. The fourth-order valence-electron chi connectivity index (χ4n) is 4.49. The van der Waals surface area contributed by atoms with Gasteiger partial charge in [-0.25, -0.2) is 0 Å². The summed E-state index contributed by atoms with van der Waals surface area (Å²) < 4.78 is 6.02. The van der Waals surface area contributed by atoms with Crippen LogP contribution in [0.4, 0.5) is 0 Å². The van der Waals surface area contributed by atoms with Crippen molar-refractivity contribution in [3.63, 3.8) is 0 Å². The Morgan fingerprint density at radius 2 is 1.74 bits per heavy atom. The highest BCUT2D eigenvalue weighted by Gasteiger charge is 2.33. The van der Waals surface area contributed by atoms with Crippen LogP contribution in [0.15, 0.2) is 72.8 Å². The average molecular weight is 457 g/mol. The molecular weight excluding hydrogens is 424 g/mol. The predicted molar refractivity (Wildman–Crippen MR) is 134 cm³/mol. The van der Waals surface area contributed by atoms with Crippen molar-refractivity contribution in [1.29, 1.82) is 0 Å². The van der Waals surface area contributed by atoms with Gasteiger partial charge < -0.3 is 15.0 Å². The van der Waals surface area contributed by atoms with Gasteiger partial charge >= 0.3 is 0 Å². The molecule has 34 heavy (non-hydrogen) atoms. The van der Waals surface area contributed by atoms with E-state index in [0.717, 1.165) is 23.1 Å². The smallest absolute Gasteiger partial charge is 0.260 e. The Balaban J connectivity index is 1.72. The molecule has 176 valence electrons. The van der Waals surface area contributed by atoms with Crippen molar-refractivity contribution in [3.8, 4) is 5.75 Å². The summed E-state index contributed by atoms with van der Waals surface area (Å²) in [5.74, 6) is 0.481. The second-order valence-electron chi connectivity index (χ2n) is 9.22. The molecule has 2 amide bonds. The summed E-state index contributed by atoms with van der Waals surface area (Å²) >= 11 is 0. The minimum atomic E-state index is -0.622. The van der Waals surface area contributed by atoms with E-state index in [4.69, 9.17) is 4.74 Å². The van der Waals surface area contributed by atoms with E-state index in [9.17, 15) is 9.59 Å². The molecule has 0 fully saturated rings. The molecule has 4 rings (SSSR count). The number of fused-ring (bicyclic) bond motifs is 1. The molecule has 1 heterocycles. The SMILES string of the molecule is Cc1cccc([C@@H]2c3cc(O[C@H](C)C(=O)NC(C)C)ccc3CCN2C(=O)c2ccccc2)c1. The van der Waals surface area contributed by atoms with Crippen LogP contribution in [0.2, 0.25) is 0 Å². The van der Waals surface area contributed by atoms with Crippen molar-refractivity contribution in [1.82, 2.24) is 10.2 Å². The van der Waals surface area contributed by atoms with E-state index in [1.54, 1.807) is 6.92 Å². The maximum absolute atomic E-state index is 13.6. The van der Waals surface area contributed by atoms with Crippen molar-refractivity contribution >= 4 is 11.8 Å². The van der Waals surface area contributed by atoms with Crippen molar-refractivity contribution in [2.24, 2.45) is 0 Å². The van der Waals surface area contributed by atoms with E-state index < -0.39 is 6.10 Å². The molecule has 5 heteroatoms. The fraction of sp³-hybridized carbons (Fsp3) is 0.310. The molecule has 0 spiro atoms. The zero-order valence-electron chi connectivity index (χ0n) is 20.2. The Hall–Kier alpha value is -3.60. The maximum Gasteiger partial charge on any atom is 0.260 e. The van der Waals surface area contributed by atoms with Gasteiger partial charge in [-0.05, 0) is 75.1 Å². The molecular formula is C29H32N2O3. The van der Waals surface area contributed by atoms with Gasteiger partial charge in [-0.15, -0.1) is 0 Å². The number of ether oxygens (including phenoxy) is 1. The molecule has 0 bridgehead atoms. The lowest BCUT2D eigenvalue weighted by Gasteiger charge is -2.38. The first-order valence-electron chi connectivity index (χ1n) is 11.9. The molecule has 1 aliphatic heterocycles. The van der Waals surface area contributed by atoms with Crippen LogP contribution in [0.25, 0.3) is 0 Å². The highest BCUT2D eigenvalue weighted by molar-refractivity contribution is 5.95. The Labute approximate surface area is 201 Å². The molecule has 0 aromatic heterocycles. The number of carbonyl (C=O) groups excluding carboxylic acids is 2. The molecule has 0 unspecified atom stereocenters. The number of carbonyl (C=O) groups is 2. The van der Waals surface area contributed by atoms with Gasteiger partial charge in [0.2, 0.25) is 0 Å². The summed E-state index contributed by atoms with van der Waals surface area (Å²) in [5, 5.41) is 2.89. The number of benzene rings is 3. The molecule has 1 aliphatic rings. The lowest BCUT2D eigenvalue weighted by molar-refractivity contribution is -0.127. The van der Waals surface area contributed by atoms with E-state index >= 15 is 0 Å². The molecule has 3 aromatic rings. The van der Waals surface area contributed by atoms with E-state index in [-0.39, 0.29) is 23.9 Å². The van der Waals surface area contributed by atoms with Gasteiger partial charge in [0.05, 0.1) is 6.04 Å². The zero-order chi connectivity index (χ0) is 24.2. The number of nitrogens with one attached hydrogen (secondary N) is 1. The van der Waals surface area contributed by atoms with Gasteiger partial charge in [0.15, 0.2) is 6.10 Å². The van der Waals surface area contributed by atoms with Crippen LogP contribution in [0.3, 0.4) is 0 Å². The largest absolute Gasteiger partial charge is 0.481 e. The Morgan fingerprint density at radius 3 is 2.44 bits per heavy atom. The Kier molecular flexibility index (Phi) is 7.01. The number of nitrogens with zero attached hydrogens (tertiary/aromatic N) is 1. The van der Waals surface area contributed by atoms with Gasteiger partial charge in [0.1, 0.15) is 5.75 Å². The lowest BCUT2D eigenvalue weighted by Crippen LogP contribution is -2.41. The maximum atomic E-state index is 13.6. The monoisotopic (exact) mass is 456 g/mol. The molecule has 3 aromatic carbocycles. The Bertz CT molecular complexity index is 1170. The summed E-state index contributed by atoms with van der Waals surface area (Å²) in [6, 6.07) is 23.5. The summed E-state index contributed by atoms with van der Waals surface area (Å²) in [6.45, 7) is 8.29. The zero-order valence-corrected chi connectivity index (χ0v) is 20.2. The fourth-order valence-corrected chi connectivity index (χ4v) is 4.49. The second kappa shape index (κ2) is 10.1. The van der Waals surface area contributed by atoms with Crippen LogP contribution in [0.1, 0.15) is 59.4 Å².